The van der Waals surface area contributed by atoms with E-state index >= 15 is 0 Å². The molecule has 0 radical (unpaired) electrons. The molecule has 1 heterocycles. The molecule has 176 valence electrons. The van der Waals surface area contributed by atoms with Crippen LogP contribution in [0.3, 0.4) is 0 Å². The van der Waals surface area contributed by atoms with Crippen LogP contribution in [-0.4, -0.2) is 66.8 Å². The Balaban J connectivity index is 1.69. The van der Waals surface area contributed by atoms with Gasteiger partial charge in [0, 0.05) is 32.2 Å². The fraction of sp³-hybridized carbons (Fsp3) is 0.400. The van der Waals surface area contributed by atoms with Crippen LogP contribution in [0.4, 0.5) is 4.39 Å². The topological polar surface area (TPSA) is 81.8 Å². The Labute approximate surface area is 193 Å². The van der Waals surface area contributed by atoms with Gasteiger partial charge in [0.2, 0.25) is 11.8 Å². The molecular formula is C25H31FN4O3. The van der Waals surface area contributed by atoms with E-state index in [1.807, 2.05) is 25.2 Å². The Hall–Kier alpha value is -3.26. The van der Waals surface area contributed by atoms with Crippen molar-refractivity contribution >= 4 is 17.7 Å². The smallest absolute Gasteiger partial charge is 0.251 e. The molecule has 0 bridgehead atoms. The molecule has 8 heteroatoms. The number of nitrogens with one attached hydrogen (secondary N) is 2. The van der Waals surface area contributed by atoms with Crippen molar-refractivity contribution in [3.05, 3.63) is 71.0 Å². The molecule has 3 rings (SSSR count). The van der Waals surface area contributed by atoms with Gasteiger partial charge in [0.15, 0.2) is 0 Å². The minimum absolute atomic E-state index is 0.00782. The predicted molar refractivity (Wildman–Crippen MR) is 124 cm³/mol. The second-order valence-electron chi connectivity index (χ2n) is 8.93. The number of amides is 3. The third-order valence-corrected chi connectivity index (χ3v) is 5.94. The Bertz CT molecular complexity index is 1040. The van der Waals surface area contributed by atoms with Gasteiger partial charge in [0.05, 0.1) is 12.5 Å². The zero-order valence-corrected chi connectivity index (χ0v) is 19.5. The van der Waals surface area contributed by atoms with E-state index in [-0.39, 0.29) is 30.2 Å². The summed E-state index contributed by atoms with van der Waals surface area (Å²) in [5.41, 5.74) is 0.946. The standard InChI is InChI=1S/C25H31FN4O3/c1-25(2,28-22(31)14-17-7-5-10-20(26)13-17)24(33)30-12-11-29(4)21(16-30)18-8-6-9-19(15-18)23(32)27-3/h5-10,13,15,21H,11-12,14,16H2,1-4H3,(H,27,32)(H,28,31)/t21-/m0/s1. The maximum atomic E-state index is 13.4. The number of hydrogen-bond acceptors (Lipinski definition) is 4. The van der Waals surface area contributed by atoms with Crippen molar-refractivity contribution in [3.63, 3.8) is 0 Å². The number of benzene rings is 2. The van der Waals surface area contributed by atoms with Gasteiger partial charge in [0.1, 0.15) is 11.4 Å². The van der Waals surface area contributed by atoms with Gasteiger partial charge >= 0.3 is 0 Å². The van der Waals surface area contributed by atoms with Crippen LogP contribution in [-0.2, 0) is 16.0 Å². The molecule has 2 N–H and O–H groups in total. The van der Waals surface area contributed by atoms with Gasteiger partial charge in [-0.1, -0.05) is 24.3 Å². The van der Waals surface area contributed by atoms with Gasteiger partial charge in [0.25, 0.3) is 5.91 Å². The minimum atomic E-state index is -1.12. The van der Waals surface area contributed by atoms with Gasteiger partial charge in [-0.3, -0.25) is 19.3 Å². The molecule has 1 aliphatic rings. The number of hydrogen-bond donors (Lipinski definition) is 2. The Kier molecular flexibility index (Phi) is 7.48. The third kappa shape index (κ3) is 5.96. The normalized spacial score (nSPS) is 16.9. The molecule has 1 aliphatic heterocycles. The number of piperazine rings is 1. The largest absolute Gasteiger partial charge is 0.355 e. The minimum Gasteiger partial charge on any atom is -0.355 e. The molecule has 0 saturated carbocycles. The van der Waals surface area contributed by atoms with Crippen molar-refractivity contribution in [1.29, 1.82) is 0 Å². The van der Waals surface area contributed by atoms with Crippen molar-refractivity contribution in [3.8, 4) is 0 Å². The van der Waals surface area contributed by atoms with Gasteiger partial charge in [-0.05, 0) is 56.3 Å². The maximum Gasteiger partial charge on any atom is 0.251 e. The second kappa shape index (κ2) is 10.1. The van der Waals surface area contributed by atoms with Crippen LogP contribution < -0.4 is 10.6 Å². The number of halogens is 1. The molecule has 3 amide bonds. The molecule has 0 aromatic heterocycles. The highest BCUT2D eigenvalue weighted by atomic mass is 19.1. The van der Waals surface area contributed by atoms with Gasteiger partial charge in [-0.15, -0.1) is 0 Å². The lowest BCUT2D eigenvalue weighted by molar-refractivity contribution is -0.142. The van der Waals surface area contributed by atoms with Crippen molar-refractivity contribution in [2.24, 2.45) is 0 Å². The molecule has 0 spiro atoms. The summed E-state index contributed by atoms with van der Waals surface area (Å²) in [4.78, 5) is 41.8. The van der Waals surface area contributed by atoms with E-state index in [2.05, 4.69) is 15.5 Å². The van der Waals surface area contributed by atoms with E-state index in [0.29, 0.717) is 30.8 Å². The molecule has 2 aromatic rings. The molecule has 1 saturated heterocycles. The number of carbonyl (C=O) groups excluding carboxylic acids is 3. The number of likely N-dealkylation sites (N-methyl/N-ethyl adjacent to an activating group) is 1. The lowest BCUT2D eigenvalue weighted by atomic mass is 9.97. The van der Waals surface area contributed by atoms with Crippen LogP contribution in [0.1, 0.15) is 41.4 Å². The molecule has 1 atom stereocenters. The molecule has 7 nitrogen and oxygen atoms in total. The van der Waals surface area contributed by atoms with Crippen LogP contribution in [0.5, 0.6) is 0 Å². The first-order valence-electron chi connectivity index (χ1n) is 11.0. The van der Waals surface area contributed by atoms with Crippen LogP contribution in [0.25, 0.3) is 0 Å². The van der Waals surface area contributed by atoms with Gasteiger partial charge in [-0.25, -0.2) is 4.39 Å². The molecular weight excluding hydrogens is 423 g/mol. The van der Waals surface area contributed by atoms with E-state index in [4.69, 9.17) is 0 Å². The van der Waals surface area contributed by atoms with E-state index < -0.39 is 11.4 Å². The fourth-order valence-corrected chi connectivity index (χ4v) is 4.12. The zero-order chi connectivity index (χ0) is 24.2. The Morgan fingerprint density at radius 2 is 1.82 bits per heavy atom. The predicted octanol–water partition coefficient (Wildman–Crippen LogP) is 2.14. The van der Waals surface area contributed by atoms with Gasteiger partial charge in [-0.2, -0.15) is 0 Å². The highest BCUT2D eigenvalue weighted by Crippen LogP contribution is 2.26. The first kappa shape index (κ1) is 24.4. The van der Waals surface area contributed by atoms with E-state index in [9.17, 15) is 18.8 Å². The van der Waals surface area contributed by atoms with E-state index in [0.717, 1.165) is 5.56 Å². The van der Waals surface area contributed by atoms with Crippen molar-refractivity contribution < 1.29 is 18.8 Å². The quantitative estimate of drug-likeness (QED) is 0.701. The highest BCUT2D eigenvalue weighted by Gasteiger charge is 2.37. The summed E-state index contributed by atoms with van der Waals surface area (Å²) >= 11 is 0. The van der Waals surface area contributed by atoms with E-state index in [1.165, 1.54) is 12.1 Å². The summed E-state index contributed by atoms with van der Waals surface area (Å²) < 4.78 is 13.4. The molecule has 1 fully saturated rings. The summed E-state index contributed by atoms with van der Waals surface area (Å²) in [7, 11) is 3.58. The van der Waals surface area contributed by atoms with Crippen LogP contribution in [0.2, 0.25) is 0 Å². The fourth-order valence-electron chi connectivity index (χ4n) is 4.12. The number of carbonyl (C=O) groups is 3. The summed E-state index contributed by atoms with van der Waals surface area (Å²) in [5.74, 6) is -1.09. The number of rotatable bonds is 6. The zero-order valence-electron chi connectivity index (χ0n) is 19.5. The average Bonchev–Trinajstić information content (AvgIpc) is 2.78. The van der Waals surface area contributed by atoms with Crippen molar-refractivity contribution in [2.75, 3.05) is 33.7 Å². The third-order valence-electron chi connectivity index (χ3n) is 5.94. The first-order valence-corrected chi connectivity index (χ1v) is 11.0. The molecule has 0 aliphatic carbocycles. The maximum absolute atomic E-state index is 13.4. The number of nitrogens with zero attached hydrogens (tertiary/aromatic N) is 2. The highest BCUT2D eigenvalue weighted by molar-refractivity contribution is 5.94. The molecule has 33 heavy (non-hydrogen) atoms. The Morgan fingerprint density at radius 1 is 1.09 bits per heavy atom. The van der Waals surface area contributed by atoms with Crippen molar-refractivity contribution in [1.82, 2.24) is 20.4 Å². The second-order valence-corrected chi connectivity index (χ2v) is 8.93. The van der Waals surface area contributed by atoms with Crippen LogP contribution >= 0.6 is 0 Å². The molecule has 0 unspecified atom stereocenters. The lowest BCUT2D eigenvalue weighted by Gasteiger charge is -2.42. The van der Waals surface area contributed by atoms with Crippen LogP contribution in [0, 0.1) is 5.82 Å². The lowest BCUT2D eigenvalue weighted by Crippen LogP contribution is -2.60. The monoisotopic (exact) mass is 454 g/mol. The SMILES string of the molecule is CNC(=O)c1cccc([C@@H]2CN(C(=O)C(C)(C)NC(=O)Cc3cccc(F)c3)CCN2C)c1. The first-order chi connectivity index (χ1) is 15.6. The van der Waals surface area contributed by atoms with Crippen molar-refractivity contribution in [2.45, 2.75) is 31.8 Å². The van der Waals surface area contributed by atoms with Crippen LogP contribution in [0.15, 0.2) is 48.5 Å². The summed E-state index contributed by atoms with van der Waals surface area (Å²) in [5, 5.41) is 5.43. The summed E-state index contributed by atoms with van der Waals surface area (Å²) in [6.45, 7) is 4.99. The molecule has 2 aromatic carbocycles. The van der Waals surface area contributed by atoms with E-state index in [1.54, 1.807) is 44.0 Å². The summed E-state index contributed by atoms with van der Waals surface area (Å²) in [6.07, 6.45) is -0.00782. The average molecular weight is 455 g/mol. The summed E-state index contributed by atoms with van der Waals surface area (Å²) in [6, 6.07) is 13.2. The van der Waals surface area contributed by atoms with Gasteiger partial charge < -0.3 is 15.5 Å². The Morgan fingerprint density at radius 3 is 2.52 bits per heavy atom.